The second kappa shape index (κ2) is 9.25. The lowest BCUT2D eigenvalue weighted by molar-refractivity contribution is -0.140. The number of rotatable bonds is 8. The molecule has 9 nitrogen and oxygen atoms in total. The highest BCUT2D eigenvalue weighted by molar-refractivity contribution is 6.08. The Hall–Kier alpha value is -2.94. The normalized spacial score (nSPS) is 19.1. The predicted molar refractivity (Wildman–Crippen MR) is 112 cm³/mol. The summed E-state index contributed by atoms with van der Waals surface area (Å²) in [5.74, 6) is -1.30. The summed E-state index contributed by atoms with van der Waals surface area (Å²) >= 11 is 0. The topological polar surface area (TPSA) is 111 Å². The zero-order valence-corrected chi connectivity index (χ0v) is 18.2. The molecule has 0 spiro atoms. The van der Waals surface area contributed by atoms with Gasteiger partial charge in [0.15, 0.2) is 0 Å². The maximum Gasteiger partial charge on any atom is 0.344 e. The number of amides is 5. The lowest BCUT2D eigenvalue weighted by Crippen LogP contribution is -2.52. The van der Waals surface area contributed by atoms with Gasteiger partial charge in [-0.3, -0.25) is 24.7 Å². The SMILES string of the molecule is CCN(CC(=O)NN1C(=O)N[C@](CC)(c2ccccc2)C1=O)CC(=O)NC(C)(C)C. The van der Waals surface area contributed by atoms with Crippen molar-refractivity contribution in [1.29, 1.82) is 0 Å². The molecule has 3 N–H and O–H groups in total. The molecule has 2 rings (SSSR count). The maximum absolute atomic E-state index is 13.0. The number of nitrogens with zero attached hydrogens (tertiary/aromatic N) is 2. The molecule has 0 saturated carbocycles. The molecule has 0 aliphatic carbocycles. The van der Waals surface area contributed by atoms with Gasteiger partial charge in [0.1, 0.15) is 5.54 Å². The van der Waals surface area contributed by atoms with E-state index in [4.69, 9.17) is 0 Å². The van der Waals surface area contributed by atoms with E-state index >= 15 is 0 Å². The summed E-state index contributed by atoms with van der Waals surface area (Å²) in [6.45, 7) is 9.59. The van der Waals surface area contributed by atoms with Crippen molar-refractivity contribution in [2.24, 2.45) is 0 Å². The number of urea groups is 1. The summed E-state index contributed by atoms with van der Waals surface area (Å²) in [6.07, 6.45) is 0.335. The van der Waals surface area contributed by atoms with Crippen LogP contribution in [-0.2, 0) is 19.9 Å². The van der Waals surface area contributed by atoms with Crippen molar-refractivity contribution < 1.29 is 19.2 Å². The monoisotopic (exact) mass is 417 g/mol. The quantitative estimate of drug-likeness (QED) is 0.549. The number of hydrogen-bond acceptors (Lipinski definition) is 5. The molecule has 164 valence electrons. The van der Waals surface area contributed by atoms with Crippen molar-refractivity contribution in [3.63, 3.8) is 0 Å². The summed E-state index contributed by atoms with van der Waals surface area (Å²) in [6, 6.07) is 8.24. The fourth-order valence-electron chi connectivity index (χ4n) is 3.34. The first-order chi connectivity index (χ1) is 14.0. The van der Waals surface area contributed by atoms with Crippen LogP contribution >= 0.6 is 0 Å². The number of nitrogens with one attached hydrogen (secondary N) is 3. The highest BCUT2D eigenvalue weighted by Crippen LogP contribution is 2.31. The molecule has 1 aliphatic heterocycles. The second-order valence-electron chi connectivity index (χ2n) is 8.33. The molecule has 0 bridgehead atoms. The molecule has 1 aliphatic rings. The number of carbonyl (C=O) groups is 4. The lowest BCUT2D eigenvalue weighted by Gasteiger charge is -2.26. The number of hydrazine groups is 1. The Kier molecular flexibility index (Phi) is 7.20. The summed E-state index contributed by atoms with van der Waals surface area (Å²) in [5, 5.41) is 6.27. The molecule has 1 aromatic rings. The van der Waals surface area contributed by atoms with Gasteiger partial charge < -0.3 is 10.6 Å². The smallest absolute Gasteiger partial charge is 0.344 e. The first-order valence-electron chi connectivity index (χ1n) is 10.1. The lowest BCUT2D eigenvalue weighted by atomic mass is 9.87. The molecule has 5 amide bonds. The van der Waals surface area contributed by atoms with Gasteiger partial charge in [-0.05, 0) is 39.3 Å². The molecule has 9 heteroatoms. The number of benzene rings is 1. The second-order valence-corrected chi connectivity index (χ2v) is 8.33. The first kappa shape index (κ1) is 23.3. The molecule has 30 heavy (non-hydrogen) atoms. The van der Waals surface area contributed by atoms with Crippen molar-refractivity contribution >= 4 is 23.8 Å². The fraction of sp³-hybridized carbons (Fsp3) is 0.524. The Morgan fingerprint density at radius 3 is 2.20 bits per heavy atom. The Balaban J connectivity index is 2.05. The van der Waals surface area contributed by atoms with Crippen molar-refractivity contribution in [3.05, 3.63) is 35.9 Å². The predicted octanol–water partition coefficient (Wildman–Crippen LogP) is 1.11. The van der Waals surface area contributed by atoms with Gasteiger partial charge in [-0.25, -0.2) is 4.79 Å². The number of imide groups is 1. The summed E-state index contributed by atoms with van der Waals surface area (Å²) in [4.78, 5) is 51.8. The van der Waals surface area contributed by atoms with Gasteiger partial charge in [-0.1, -0.05) is 44.2 Å². The van der Waals surface area contributed by atoms with E-state index in [0.29, 0.717) is 18.5 Å². The molecule has 1 fully saturated rings. The van der Waals surface area contributed by atoms with Gasteiger partial charge in [-0.15, -0.1) is 0 Å². The summed E-state index contributed by atoms with van der Waals surface area (Å²) < 4.78 is 0. The van der Waals surface area contributed by atoms with E-state index in [1.807, 2.05) is 33.8 Å². The van der Waals surface area contributed by atoms with Crippen LogP contribution in [0.15, 0.2) is 30.3 Å². The molecule has 0 unspecified atom stereocenters. The minimum atomic E-state index is -1.22. The molecule has 0 aromatic heterocycles. The zero-order valence-electron chi connectivity index (χ0n) is 18.2. The van der Waals surface area contributed by atoms with Crippen LogP contribution in [0.2, 0.25) is 0 Å². The minimum absolute atomic E-state index is 0.0320. The van der Waals surface area contributed by atoms with E-state index < -0.39 is 23.4 Å². The number of likely N-dealkylation sites (N-methyl/N-ethyl adjacent to an activating group) is 1. The highest BCUT2D eigenvalue weighted by Gasteiger charge is 2.52. The van der Waals surface area contributed by atoms with E-state index in [2.05, 4.69) is 16.1 Å². The van der Waals surface area contributed by atoms with Crippen LogP contribution in [0.4, 0.5) is 4.79 Å². The van der Waals surface area contributed by atoms with Crippen LogP contribution in [0, 0.1) is 0 Å². The summed E-state index contributed by atoms with van der Waals surface area (Å²) in [7, 11) is 0. The van der Waals surface area contributed by atoms with E-state index in [-0.39, 0.29) is 24.5 Å². The van der Waals surface area contributed by atoms with Gasteiger partial charge in [0.2, 0.25) is 5.91 Å². The fourth-order valence-corrected chi connectivity index (χ4v) is 3.34. The molecular formula is C21H31N5O4. The number of carbonyl (C=O) groups excluding carboxylic acids is 4. The summed E-state index contributed by atoms with van der Waals surface area (Å²) in [5.41, 5.74) is 1.44. The van der Waals surface area contributed by atoms with Crippen molar-refractivity contribution in [2.45, 2.75) is 52.1 Å². The first-order valence-corrected chi connectivity index (χ1v) is 10.1. The highest BCUT2D eigenvalue weighted by atomic mass is 16.2. The third-order valence-corrected chi connectivity index (χ3v) is 4.82. The average Bonchev–Trinajstić information content (AvgIpc) is 2.91. The molecule has 0 radical (unpaired) electrons. The third-order valence-electron chi connectivity index (χ3n) is 4.82. The maximum atomic E-state index is 13.0. The van der Waals surface area contributed by atoms with Crippen LogP contribution in [0.3, 0.4) is 0 Å². The van der Waals surface area contributed by atoms with Gasteiger partial charge in [0.05, 0.1) is 13.1 Å². The molecule has 1 heterocycles. The van der Waals surface area contributed by atoms with Crippen LogP contribution in [0.25, 0.3) is 0 Å². The minimum Gasteiger partial charge on any atom is -0.350 e. The van der Waals surface area contributed by atoms with Gasteiger partial charge in [-0.2, -0.15) is 5.01 Å². The zero-order chi connectivity index (χ0) is 22.5. The third kappa shape index (κ3) is 5.35. The Bertz CT molecular complexity index is 805. The molecule has 1 saturated heterocycles. The van der Waals surface area contributed by atoms with Crippen LogP contribution in [0.5, 0.6) is 0 Å². The molecular weight excluding hydrogens is 386 g/mol. The average molecular weight is 418 g/mol. The largest absolute Gasteiger partial charge is 0.350 e. The van der Waals surface area contributed by atoms with Gasteiger partial charge >= 0.3 is 6.03 Å². The molecule has 1 atom stereocenters. The Labute approximate surface area is 177 Å². The standard InChI is InChI=1S/C21H31N5O4/c1-6-21(15-11-9-8-10-12-15)18(29)26(19(30)23-21)24-17(28)14-25(7-2)13-16(27)22-20(3,4)5/h8-12H,6-7,13-14H2,1-5H3,(H,22,27)(H,23,30)(H,24,28)/t21-/m1/s1. The van der Waals surface area contributed by atoms with E-state index in [0.717, 1.165) is 5.01 Å². The number of hydrogen-bond donors (Lipinski definition) is 3. The van der Waals surface area contributed by atoms with Gasteiger partial charge in [0.25, 0.3) is 11.8 Å². The Morgan fingerprint density at radius 1 is 1.07 bits per heavy atom. The van der Waals surface area contributed by atoms with Crippen molar-refractivity contribution in [3.8, 4) is 0 Å². The van der Waals surface area contributed by atoms with Gasteiger partial charge in [0, 0.05) is 5.54 Å². The van der Waals surface area contributed by atoms with Crippen LogP contribution in [0.1, 0.15) is 46.6 Å². The van der Waals surface area contributed by atoms with E-state index in [1.165, 1.54) is 0 Å². The van der Waals surface area contributed by atoms with E-state index in [1.54, 1.807) is 36.1 Å². The van der Waals surface area contributed by atoms with Crippen LogP contribution < -0.4 is 16.1 Å². The Morgan fingerprint density at radius 2 is 1.67 bits per heavy atom. The van der Waals surface area contributed by atoms with E-state index in [9.17, 15) is 19.2 Å². The van der Waals surface area contributed by atoms with Crippen molar-refractivity contribution in [1.82, 2.24) is 26.0 Å². The molecule has 1 aromatic carbocycles. The van der Waals surface area contributed by atoms with Crippen molar-refractivity contribution in [2.75, 3.05) is 19.6 Å². The van der Waals surface area contributed by atoms with Crippen LogP contribution in [-0.4, -0.2) is 58.8 Å².